The van der Waals surface area contributed by atoms with Crippen molar-refractivity contribution in [3.8, 4) is 0 Å². The van der Waals surface area contributed by atoms with Gasteiger partial charge in [-0.2, -0.15) is 0 Å². The molecule has 2 spiro atoms. The molecule has 5 aliphatic rings. The van der Waals surface area contributed by atoms with Crippen LogP contribution in [0, 0.1) is 11.3 Å². The average Bonchev–Trinajstić information content (AvgIpc) is 3.72. The highest BCUT2D eigenvalue weighted by Gasteiger charge is 2.72. The fourth-order valence-corrected chi connectivity index (χ4v) is 6.66. The highest BCUT2D eigenvalue weighted by molar-refractivity contribution is 5.68. The van der Waals surface area contributed by atoms with Crippen LogP contribution in [-0.4, -0.2) is 80.5 Å². The van der Waals surface area contributed by atoms with Crippen LogP contribution in [0.3, 0.4) is 0 Å². The van der Waals surface area contributed by atoms with Gasteiger partial charge in [0.05, 0.1) is 18.6 Å². The SMILES string of the molecule is C/C=C/C[C@H]1O[C@]1(C)C1[C@H](OC)[C@H](OC(=O)N2CCC3(CCOCC3)CC2)CC[C@]12CO2. The van der Waals surface area contributed by atoms with Crippen molar-refractivity contribution in [2.45, 2.75) is 88.3 Å². The van der Waals surface area contributed by atoms with Crippen molar-refractivity contribution >= 4 is 6.09 Å². The van der Waals surface area contributed by atoms with Gasteiger partial charge < -0.3 is 28.6 Å². The lowest BCUT2D eigenvalue weighted by atomic mass is 9.68. The van der Waals surface area contributed by atoms with Crippen molar-refractivity contribution in [3.63, 3.8) is 0 Å². The summed E-state index contributed by atoms with van der Waals surface area (Å²) < 4.78 is 29.9. The van der Waals surface area contributed by atoms with Crippen LogP contribution >= 0.6 is 0 Å². The van der Waals surface area contributed by atoms with Gasteiger partial charge in [0, 0.05) is 33.4 Å². The molecule has 5 fully saturated rings. The first-order valence-electron chi connectivity index (χ1n) is 12.4. The maximum atomic E-state index is 13.1. The Balaban J connectivity index is 1.23. The van der Waals surface area contributed by atoms with Crippen LogP contribution in [-0.2, 0) is 23.7 Å². The molecule has 0 aromatic heterocycles. The normalized spacial score (nSPS) is 43.0. The molecule has 7 heteroatoms. The minimum absolute atomic E-state index is 0.0636. The summed E-state index contributed by atoms with van der Waals surface area (Å²) in [5.41, 5.74) is -0.137. The van der Waals surface area contributed by atoms with E-state index in [2.05, 4.69) is 19.1 Å². The van der Waals surface area contributed by atoms with Crippen LogP contribution in [0.5, 0.6) is 0 Å². The lowest BCUT2D eigenvalue weighted by Crippen LogP contribution is -2.56. The summed E-state index contributed by atoms with van der Waals surface area (Å²) >= 11 is 0. The molecule has 4 saturated heterocycles. The van der Waals surface area contributed by atoms with E-state index >= 15 is 0 Å². The van der Waals surface area contributed by atoms with E-state index in [1.165, 1.54) is 0 Å². The molecule has 1 unspecified atom stereocenters. The number of allylic oxidation sites excluding steroid dienone is 1. The maximum Gasteiger partial charge on any atom is 0.410 e. The molecule has 0 aromatic rings. The largest absolute Gasteiger partial charge is 0.443 e. The monoisotopic (exact) mass is 449 g/mol. The Bertz CT molecular complexity index is 720. The Morgan fingerprint density at radius 1 is 1.16 bits per heavy atom. The summed E-state index contributed by atoms with van der Waals surface area (Å²) in [6.45, 7) is 8.18. The van der Waals surface area contributed by atoms with Crippen LogP contribution in [0.15, 0.2) is 12.2 Å². The van der Waals surface area contributed by atoms with Crippen molar-refractivity contribution < 1.29 is 28.5 Å². The highest BCUT2D eigenvalue weighted by Crippen LogP contribution is 2.59. The molecule has 0 aromatic carbocycles. The van der Waals surface area contributed by atoms with Gasteiger partial charge in [0.1, 0.15) is 23.4 Å². The molecule has 1 aliphatic carbocycles. The minimum Gasteiger partial charge on any atom is -0.443 e. The molecular weight excluding hydrogens is 410 g/mol. The molecule has 1 amide bonds. The molecule has 4 aliphatic heterocycles. The average molecular weight is 450 g/mol. The second kappa shape index (κ2) is 8.57. The third-order valence-corrected chi connectivity index (χ3v) is 8.97. The van der Waals surface area contributed by atoms with Crippen molar-refractivity contribution in [2.75, 3.05) is 40.0 Å². The first-order chi connectivity index (χ1) is 15.5. The number of rotatable bonds is 5. The second-order valence-electron chi connectivity index (χ2n) is 10.7. The van der Waals surface area contributed by atoms with Crippen molar-refractivity contribution in [3.05, 3.63) is 12.2 Å². The van der Waals surface area contributed by atoms with Gasteiger partial charge >= 0.3 is 6.09 Å². The smallest absolute Gasteiger partial charge is 0.410 e. The van der Waals surface area contributed by atoms with Gasteiger partial charge in [-0.15, -0.1) is 0 Å². The standard InChI is InChI=1S/C25H39NO6/c1-4-5-6-19-23(2,32-19)21-20(28-3)18(7-8-25(21)17-30-25)31-22(27)26-13-9-24(10-14-26)11-15-29-16-12-24/h4-5,18-21H,6-17H2,1-3H3/b5-4+/t18-,19-,20-,21?,23+,25+/m1/s1. The lowest BCUT2D eigenvalue weighted by Gasteiger charge is -2.45. The van der Waals surface area contributed by atoms with E-state index in [0.29, 0.717) is 5.41 Å². The molecule has 1 saturated carbocycles. The van der Waals surface area contributed by atoms with Crippen molar-refractivity contribution in [2.24, 2.45) is 11.3 Å². The number of nitrogens with zero attached hydrogens (tertiary/aromatic N) is 1. The lowest BCUT2D eigenvalue weighted by molar-refractivity contribution is -0.123. The Labute approximate surface area is 191 Å². The zero-order chi connectivity index (χ0) is 22.4. The fraction of sp³-hybridized carbons (Fsp3) is 0.880. The number of likely N-dealkylation sites (tertiary alicyclic amines) is 1. The molecule has 7 nitrogen and oxygen atoms in total. The Kier molecular flexibility index (Phi) is 6.06. The third kappa shape index (κ3) is 3.99. The van der Waals surface area contributed by atoms with Gasteiger partial charge in [-0.3, -0.25) is 0 Å². The van der Waals surface area contributed by atoms with Gasteiger partial charge in [0.15, 0.2) is 0 Å². The molecule has 32 heavy (non-hydrogen) atoms. The summed E-state index contributed by atoms with van der Waals surface area (Å²) in [6, 6.07) is 0. The summed E-state index contributed by atoms with van der Waals surface area (Å²) in [6.07, 6.45) is 10.5. The molecule has 6 atom stereocenters. The van der Waals surface area contributed by atoms with Crippen LogP contribution in [0.1, 0.15) is 58.8 Å². The second-order valence-corrected chi connectivity index (χ2v) is 10.7. The zero-order valence-electron chi connectivity index (χ0n) is 19.8. The predicted octanol–water partition coefficient (Wildman–Crippen LogP) is 3.70. The van der Waals surface area contributed by atoms with Crippen LogP contribution in [0.2, 0.25) is 0 Å². The summed E-state index contributed by atoms with van der Waals surface area (Å²) in [5.74, 6) is 0.0636. The summed E-state index contributed by atoms with van der Waals surface area (Å²) in [5, 5.41) is 0. The van der Waals surface area contributed by atoms with Crippen molar-refractivity contribution in [1.29, 1.82) is 0 Å². The summed E-state index contributed by atoms with van der Waals surface area (Å²) in [4.78, 5) is 15.0. The van der Waals surface area contributed by atoms with Crippen molar-refractivity contribution in [1.82, 2.24) is 4.90 Å². The number of carbonyl (C=O) groups excluding carboxylic acids is 1. The van der Waals surface area contributed by atoms with Gasteiger partial charge in [-0.1, -0.05) is 12.2 Å². The Hall–Kier alpha value is -1.15. The van der Waals surface area contributed by atoms with Crippen LogP contribution in [0.4, 0.5) is 4.79 Å². The molecule has 0 bridgehead atoms. The first kappa shape index (κ1) is 22.6. The molecule has 4 heterocycles. The Morgan fingerprint density at radius 2 is 1.88 bits per heavy atom. The number of amides is 1. The van der Waals surface area contributed by atoms with Gasteiger partial charge in [0.25, 0.3) is 0 Å². The molecular formula is C25H39NO6. The van der Waals surface area contributed by atoms with Crippen LogP contribution in [0.25, 0.3) is 0 Å². The number of carbonyl (C=O) groups is 1. The molecule has 180 valence electrons. The maximum absolute atomic E-state index is 13.1. The van der Waals surface area contributed by atoms with Gasteiger partial charge in [0.2, 0.25) is 0 Å². The molecule has 0 radical (unpaired) electrons. The third-order valence-electron chi connectivity index (χ3n) is 8.97. The van der Waals surface area contributed by atoms with E-state index in [0.717, 1.165) is 77.9 Å². The minimum atomic E-state index is -0.303. The number of hydrogen-bond donors (Lipinski definition) is 0. The molecule has 0 N–H and O–H groups in total. The number of epoxide rings is 2. The zero-order valence-corrected chi connectivity index (χ0v) is 19.8. The fourth-order valence-electron chi connectivity index (χ4n) is 6.66. The number of ether oxygens (including phenoxy) is 5. The van der Waals surface area contributed by atoms with E-state index in [1.54, 1.807) is 7.11 Å². The van der Waals surface area contributed by atoms with E-state index in [9.17, 15) is 4.79 Å². The van der Waals surface area contributed by atoms with E-state index in [-0.39, 0.29) is 41.5 Å². The number of piperidine rings is 1. The first-order valence-corrected chi connectivity index (χ1v) is 12.4. The van der Waals surface area contributed by atoms with E-state index < -0.39 is 0 Å². The Morgan fingerprint density at radius 3 is 2.50 bits per heavy atom. The molecule has 5 rings (SSSR count). The van der Waals surface area contributed by atoms with Gasteiger partial charge in [-0.05, 0) is 64.2 Å². The van der Waals surface area contributed by atoms with E-state index in [1.807, 2.05) is 11.8 Å². The van der Waals surface area contributed by atoms with Crippen LogP contribution < -0.4 is 0 Å². The topological polar surface area (TPSA) is 73.1 Å². The summed E-state index contributed by atoms with van der Waals surface area (Å²) in [7, 11) is 1.72. The predicted molar refractivity (Wildman–Crippen MR) is 118 cm³/mol. The highest BCUT2D eigenvalue weighted by atomic mass is 16.6. The van der Waals surface area contributed by atoms with E-state index in [4.69, 9.17) is 23.7 Å². The quantitative estimate of drug-likeness (QED) is 0.471. The number of methoxy groups -OCH3 is 1. The van der Waals surface area contributed by atoms with Gasteiger partial charge in [-0.25, -0.2) is 4.79 Å². The number of hydrogen-bond acceptors (Lipinski definition) is 6.